The number of esters is 2. The summed E-state index contributed by atoms with van der Waals surface area (Å²) in [6.07, 6.45) is 72.8. The largest absolute Gasteiger partial charge is 0.462 e. The van der Waals surface area contributed by atoms with Crippen LogP contribution in [-0.2, 0) is 19.1 Å². The molecule has 1 atom stereocenters. The third-order valence-corrected chi connectivity index (χ3v) is 14.7. The lowest BCUT2D eigenvalue weighted by Gasteiger charge is -2.15. The highest BCUT2D eigenvalue weighted by atomic mass is 16.6. The number of hydrogen-bond acceptors (Lipinski definition) is 5. The van der Waals surface area contributed by atoms with Gasteiger partial charge in [-0.05, 0) is 12.8 Å². The van der Waals surface area contributed by atoms with Gasteiger partial charge in [-0.2, -0.15) is 0 Å². The van der Waals surface area contributed by atoms with Crippen LogP contribution in [0.1, 0.15) is 367 Å². The van der Waals surface area contributed by atoms with E-state index in [0.29, 0.717) is 12.8 Å². The SMILES string of the molecule is CCCCCCCCCCCCCCCCCCCCCCCCCCCCCCCCCCCCCCCCCCCC(=O)OC(CO)COC(=O)CCCCCCCCCCCCCC. The fourth-order valence-corrected chi connectivity index (χ4v) is 9.97. The molecule has 1 N–H and O–H groups in total. The lowest BCUT2D eigenvalue weighted by atomic mass is 10.0. The Balaban J connectivity index is 3.29. The molecule has 0 aliphatic rings. The predicted octanol–water partition coefficient (Wildman–Crippen LogP) is 20.9. The van der Waals surface area contributed by atoms with Crippen LogP contribution in [0, 0.1) is 0 Å². The first-order chi connectivity index (χ1) is 33.1. The number of rotatable bonds is 59. The van der Waals surface area contributed by atoms with Crippen molar-refractivity contribution in [1.29, 1.82) is 0 Å². The summed E-state index contributed by atoms with van der Waals surface area (Å²) in [4.78, 5) is 24.4. The minimum atomic E-state index is -0.763. The molecular formula is C62H122O5. The maximum atomic E-state index is 12.3. The first-order valence-corrected chi connectivity index (χ1v) is 31.1. The number of ether oxygens (including phenoxy) is 2. The van der Waals surface area contributed by atoms with Crippen molar-refractivity contribution in [2.24, 2.45) is 0 Å². The average molecular weight is 948 g/mol. The third kappa shape index (κ3) is 57.4. The van der Waals surface area contributed by atoms with E-state index in [9.17, 15) is 14.7 Å². The summed E-state index contributed by atoms with van der Waals surface area (Å²) in [7, 11) is 0. The van der Waals surface area contributed by atoms with E-state index in [4.69, 9.17) is 9.47 Å². The second kappa shape index (κ2) is 59.2. The number of aliphatic hydroxyl groups excluding tert-OH is 1. The minimum Gasteiger partial charge on any atom is -0.462 e. The Bertz CT molecular complexity index is 937. The van der Waals surface area contributed by atoms with E-state index in [-0.39, 0.29) is 25.2 Å². The zero-order valence-electron chi connectivity index (χ0n) is 46.0. The van der Waals surface area contributed by atoms with E-state index in [0.717, 1.165) is 32.1 Å². The van der Waals surface area contributed by atoms with Gasteiger partial charge in [-0.15, -0.1) is 0 Å². The van der Waals surface area contributed by atoms with Gasteiger partial charge in [0, 0.05) is 12.8 Å². The van der Waals surface area contributed by atoms with Crippen molar-refractivity contribution < 1.29 is 24.2 Å². The van der Waals surface area contributed by atoms with Crippen molar-refractivity contribution in [3.05, 3.63) is 0 Å². The van der Waals surface area contributed by atoms with Crippen molar-refractivity contribution in [2.45, 2.75) is 373 Å². The Morgan fingerprint density at radius 3 is 0.657 bits per heavy atom. The summed E-state index contributed by atoms with van der Waals surface area (Å²) < 4.78 is 10.7. The molecule has 0 saturated heterocycles. The molecule has 0 fully saturated rings. The van der Waals surface area contributed by atoms with Gasteiger partial charge in [0.2, 0.25) is 0 Å². The molecule has 5 nitrogen and oxygen atoms in total. The van der Waals surface area contributed by atoms with E-state index < -0.39 is 6.10 Å². The molecule has 0 saturated carbocycles. The molecule has 0 bridgehead atoms. The minimum absolute atomic E-state index is 0.0564. The molecule has 0 aliphatic carbocycles. The summed E-state index contributed by atoms with van der Waals surface area (Å²) in [5, 5.41) is 9.62. The summed E-state index contributed by atoms with van der Waals surface area (Å²) in [5.41, 5.74) is 0. The monoisotopic (exact) mass is 947 g/mol. The van der Waals surface area contributed by atoms with Gasteiger partial charge in [0.1, 0.15) is 6.61 Å². The van der Waals surface area contributed by atoms with E-state index in [2.05, 4.69) is 13.8 Å². The first kappa shape index (κ1) is 65.9. The quantitative estimate of drug-likeness (QED) is 0.0486. The van der Waals surface area contributed by atoms with E-state index in [1.807, 2.05) is 0 Å². The Morgan fingerprint density at radius 2 is 0.463 bits per heavy atom. The number of carbonyl (C=O) groups is 2. The van der Waals surface area contributed by atoms with Gasteiger partial charge in [-0.3, -0.25) is 9.59 Å². The Labute approximate surface area is 420 Å². The first-order valence-electron chi connectivity index (χ1n) is 31.1. The Hall–Kier alpha value is -1.10. The smallest absolute Gasteiger partial charge is 0.306 e. The highest BCUT2D eigenvalue weighted by Gasteiger charge is 2.16. The lowest BCUT2D eigenvalue weighted by molar-refractivity contribution is -0.161. The van der Waals surface area contributed by atoms with Gasteiger partial charge in [0.15, 0.2) is 6.10 Å². The van der Waals surface area contributed by atoms with E-state index in [1.54, 1.807) is 0 Å². The van der Waals surface area contributed by atoms with Gasteiger partial charge in [-0.1, -0.05) is 341 Å². The summed E-state index contributed by atoms with van der Waals surface area (Å²) in [5.74, 6) is -0.568. The predicted molar refractivity (Wildman–Crippen MR) is 293 cm³/mol. The summed E-state index contributed by atoms with van der Waals surface area (Å²) in [6.45, 7) is 4.19. The second-order valence-corrected chi connectivity index (χ2v) is 21.5. The zero-order valence-corrected chi connectivity index (χ0v) is 46.0. The molecule has 0 heterocycles. The maximum Gasteiger partial charge on any atom is 0.306 e. The van der Waals surface area contributed by atoms with Crippen LogP contribution in [0.15, 0.2) is 0 Å². The fourth-order valence-electron chi connectivity index (χ4n) is 9.97. The van der Waals surface area contributed by atoms with Crippen LogP contribution in [0.4, 0.5) is 0 Å². The van der Waals surface area contributed by atoms with Gasteiger partial charge in [-0.25, -0.2) is 0 Å². The Morgan fingerprint density at radius 1 is 0.284 bits per heavy atom. The molecule has 0 amide bonds. The van der Waals surface area contributed by atoms with Crippen LogP contribution in [0.25, 0.3) is 0 Å². The Kier molecular flexibility index (Phi) is 58.2. The molecule has 1 unspecified atom stereocenters. The topological polar surface area (TPSA) is 72.8 Å². The molecule has 5 heteroatoms. The molecule has 0 spiro atoms. The lowest BCUT2D eigenvalue weighted by Crippen LogP contribution is -2.28. The van der Waals surface area contributed by atoms with Crippen LogP contribution in [0.2, 0.25) is 0 Å². The van der Waals surface area contributed by atoms with Crippen molar-refractivity contribution in [3.8, 4) is 0 Å². The van der Waals surface area contributed by atoms with Crippen LogP contribution in [0.5, 0.6) is 0 Å². The van der Waals surface area contributed by atoms with Crippen molar-refractivity contribution in [3.63, 3.8) is 0 Å². The van der Waals surface area contributed by atoms with Crippen molar-refractivity contribution >= 4 is 11.9 Å². The number of carbonyl (C=O) groups excluding carboxylic acids is 2. The fraction of sp³-hybridized carbons (Fsp3) is 0.968. The molecular weight excluding hydrogens is 825 g/mol. The van der Waals surface area contributed by atoms with Crippen LogP contribution < -0.4 is 0 Å². The third-order valence-electron chi connectivity index (χ3n) is 14.7. The summed E-state index contributed by atoms with van der Waals surface area (Å²) in [6, 6.07) is 0. The standard InChI is InChI=1S/C62H122O5/c1-3-5-7-9-11-13-15-17-18-19-20-21-22-23-24-25-26-27-28-29-30-31-32-33-34-35-36-37-38-39-40-41-42-43-44-45-47-49-51-53-55-57-62(65)67-60(58-63)59-66-61(64)56-54-52-50-48-46-16-14-12-10-8-6-4-2/h60,63H,3-59H2,1-2H3. The highest BCUT2D eigenvalue weighted by molar-refractivity contribution is 5.70. The van der Waals surface area contributed by atoms with Gasteiger partial charge < -0.3 is 14.6 Å². The van der Waals surface area contributed by atoms with E-state index in [1.165, 1.54) is 308 Å². The zero-order chi connectivity index (χ0) is 48.5. The van der Waals surface area contributed by atoms with Gasteiger partial charge in [0.05, 0.1) is 6.61 Å². The van der Waals surface area contributed by atoms with E-state index >= 15 is 0 Å². The van der Waals surface area contributed by atoms with Crippen molar-refractivity contribution in [1.82, 2.24) is 0 Å². The van der Waals surface area contributed by atoms with Crippen LogP contribution in [0.3, 0.4) is 0 Å². The second-order valence-electron chi connectivity index (χ2n) is 21.5. The van der Waals surface area contributed by atoms with Crippen LogP contribution >= 0.6 is 0 Å². The van der Waals surface area contributed by atoms with Gasteiger partial charge >= 0.3 is 11.9 Å². The molecule has 0 rings (SSSR count). The molecule has 0 aromatic carbocycles. The number of hydrogen-bond donors (Lipinski definition) is 1. The molecule has 0 aromatic heterocycles. The normalized spacial score (nSPS) is 12.0. The van der Waals surface area contributed by atoms with Crippen LogP contribution in [-0.4, -0.2) is 36.4 Å². The molecule has 0 radical (unpaired) electrons. The number of aliphatic hydroxyl groups is 1. The maximum absolute atomic E-state index is 12.3. The highest BCUT2D eigenvalue weighted by Crippen LogP contribution is 2.19. The molecule has 0 aromatic rings. The van der Waals surface area contributed by atoms with Crippen molar-refractivity contribution in [2.75, 3.05) is 13.2 Å². The summed E-state index contributed by atoms with van der Waals surface area (Å²) >= 11 is 0. The molecule has 400 valence electrons. The number of unbranched alkanes of at least 4 members (excludes halogenated alkanes) is 51. The molecule has 0 aliphatic heterocycles. The molecule has 67 heavy (non-hydrogen) atoms. The van der Waals surface area contributed by atoms with Gasteiger partial charge in [0.25, 0.3) is 0 Å². The average Bonchev–Trinajstić information content (AvgIpc) is 3.33.